The second-order valence-electron chi connectivity index (χ2n) is 9.47. The molecule has 0 aromatic heterocycles. The lowest BCUT2D eigenvalue weighted by Gasteiger charge is -2.37. The first kappa shape index (κ1) is 35.1. The van der Waals surface area contributed by atoms with Crippen LogP contribution >= 0.6 is 0 Å². The quantitative estimate of drug-likeness (QED) is 0.0541. The molecule has 0 saturated carbocycles. The minimum atomic E-state index is -0.913. The van der Waals surface area contributed by atoms with Crippen LogP contribution in [-0.2, 0) is 28.4 Å². The average molecular weight is 533 g/mol. The van der Waals surface area contributed by atoms with Gasteiger partial charge in [-0.2, -0.15) is 0 Å². The Morgan fingerprint density at radius 2 is 1.35 bits per heavy atom. The van der Waals surface area contributed by atoms with Gasteiger partial charge in [-0.3, -0.25) is 0 Å². The van der Waals surface area contributed by atoms with Crippen LogP contribution < -0.4 is 0 Å². The van der Waals surface area contributed by atoms with E-state index in [0.717, 1.165) is 0 Å². The van der Waals surface area contributed by atoms with Crippen LogP contribution in [0.4, 0.5) is 0 Å². The molecule has 0 radical (unpaired) electrons. The van der Waals surface area contributed by atoms with Gasteiger partial charge in [-0.05, 0) is 31.6 Å². The molecule has 0 bridgehead atoms. The first-order valence-corrected chi connectivity index (χ1v) is 12.3. The van der Waals surface area contributed by atoms with E-state index >= 15 is 0 Å². The summed E-state index contributed by atoms with van der Waals surface area (Å²) in [5, 5.41) is 38.6. The minimum absolute atomic E-state index is 0.0439. The molecule has 0 heterocycles. The zero-order chi connectivity index (χ0) is 28.0. The van der Waals surface area contributed by atoms with E-state index in [1.807, 2.05) is 6.92 Å². The first-order valence-electron chi connectivity index (χ1n) is 12.3. The minimum Gasteiger partial charge on any atom is -0.495 e. The molecule has 0 aromatic rings. The van der Waals surface area contributed by atoms with Crippen molar-refractivity contribution in [2.45, 2.75) is 32.6 Å². The predicted molar refractivity (Wildman–Crippen MR) is 140 cm³/mol. The fraction of sp³-hybridized carbons (Fsp3) is 0.704. The molecule has 2 atom stereocenters. The second kappa shape index (κ2) is 21.1. The first-order chi connectivity index (χ1) is 17.8. The summed E-state index contributed by atoms with van der Waals surface area (Å²) in [7, 11) is 0. The van der Waals surface area contributed by atoms with E-state index in [1.165, 1.54) is 12.5 Å². The molecule has 10 nitrogen and oxygen atoms in total. The smallest absolute Gasteiger partial charge is 0.188 e. The van der Waals surface area contributed by atoms with E-state index in [9.17, 15) is 20.4 Å². The summed E-state index contributed by atoms with van der Waals surface area (Å²) in [6.07, 6.45) is 4.99. The molecule has 0 rings (SSSR count). The van der Waals surface area contributed by atoms with Gasteiger partial charge in [-0.25, -0.2) is 0 Å². The maximum Gasteiger partial charge on any atom is 0.188 e. The van der Waals surface area contributed by atoms with Gasteiger partial charge in [-0.15, -0.1) is 0 Å². The molecule has 37 heavy (non-hydrogen) atoms. The zero-order valence-corrected chi connectivity index (χ0v) is 22.4. The Morgan fingerprint density at radius 3 is 1.84 bits per heavy atom. The highest BCUT2D eigenvalue weighted by Crippen LogP contribution is 2.35. The van der Waals surface area contributed by atoms with Crippen LogP contribution in [0.5, 0.6) is 0 Å². The lowest BCUT2D eigenvalue weighted by Crippen LogP contribution is -2.43. The monoisotopic (exact) mass is 532 g/mol. The lowest BCUT2D eigenvalue weighted by molar-refractivity contribution is -0.144. The van der Waals surface area contributed by atoms with Crippen LogP contribution in [-0.4, -0.2) is 93.5 Å². The van der Waals surface area contributed by atoms with Gasteiger partial charge >= 0.3 is 0 Å². The Morgan fingerprint density at radius 1 is 0.784 bits per heavy atom. The standard InChI is InChI=1S/C27H48O10/c1-6-32-21-35-18-27(15-31,19-36-22-33-7-2)17-34-16-26(10-8-23(3)12-28,11-9-24(4)13-29)20-37-25(5)14-30/h6-7,24,28-31H,1-3,5,8-22H2,4H3. The van der Waals surface area contributed by atoms with Crippen molar-refractivity contribution in [2.75, 3.05) is 73.0 Å². The predicted octanol–water partition coefficient (Wildman–Crippen LogP) is 2.50. The fourth-order valence-electron chi connectivity index (χ4n) is 3.38. The van der Waals surface area contributed by atoms with E-state index < -0.39 is 10.8 Å². The van der Waals surface area contributed by atoms with Crippen molar-refractivity contribution in [3.63, 3.8) is 0 Å². The zero-order valence-electron chi connectivity index (χ0n) is 22.4. The molecule has 0 spiro atoms. The highest BCUT2D eigenvalue weighted by atomic mass is 16.7. The van der Waals surface area contributed by atoms with Gasteiger partial charge in [0.15, 0.2) is 13.6 Å². The summed E-state index contributed by atoms with van der Waals surface area (Å²) in [5.41, 5.74) is -0.777. The van der Waals surface area contributed by atoms with Gasteiger partial charge in [0.05, 0.1) is 70.8 Å². The van der Waals surface area contributed by atoms with Gasteiger partial charge in [-0.1, -0.05) is 38.8 Å². The Kier molecular flexibility index (Phi) is 20.0. The van der Waals surface area contributed by atoms with Crippen molar-refractivity contribution < 1.29 is 48.8 Å². The van der Waals surface area contributed by atoms with E-state index in [1.54, 1.807) is 0 Å². The Labute approximate surface area is 221 Å². The van der Waals surface area contributed by atoms with Crippen molar-refractivity contribution in [2.24, 2.45) is 16.7 Å². The van der Waals surface area contributed by atoms with Gasteiger partial charge in [0.2, 0.25) is 0 Å². The molecule has 216 valence electrons. The van der Waals surface area contributed by atoms with E-state index in [4.69, 9.17) is 28.4 Å². The van der Waals surface area contributed by atoms with Gasteiger partial charge in [0.25, 0.3) is 0 Å². The molecule has 0 aliphatic carbocycles. The molecule has 10 heteroatoms. The van der Waals surface area contributed by atoms with Crippen LogP contribution in [0.2, 0.25) is 0 Å². The number of hydrogen-bond donors (Lipinski definition) is 4. The Bertz CT molecular complexity index is 601. The number of hydrogen-bond acceptors (Lipinski definition) is 10. The molecule has 2 unspecified atom stereocenters. The molecule has 0 amide bonds. The Hall–Kier alpha value is -1.92. The third-order valence-electron chi connectivity index (χ3n) is 5.98. The highest BCUT2D eigenvalue weighted by Gasteiger charge is 2.36. The number of aliphatic hydroxyl groups excluding tert-OH is 4. The van der Waals surface area contributed by atoms with E-state index in [-0.39, 0.29) is 84.7 Å². The van der Waals surface area contributed by atoms with Crippen LogP contribution in [0.15, 0.2) is 50.2 Å². The van der Waals surface area contributed by atoms with E-state index in [2.05, 4.69) is 26.3 Å². The fourth-order valence-corrected chi connectivity index (χ4v) is 3.38. The molecule has 0 aromatic carbocycles. The SMILES string of the molecule is C=COCOCC(CO)(COCOC=C)COCC(CCC(=C)CO)(CCC(C)CO)COC(=C)CO. The topological polar surface area (TPSA) is 136 Å². The second-order valence-corrected chi connectivity index (χ2v) is 9.47. The molecular formula is C27H48O10. The maximum atomic E-state index is 10.3. The van der Waals surface area contributed by atoms with Crippen LogP contribution in [0, 0.1) is 16.7 Å². The van der Waals surface area contributed by atoms with Gasteiger partial charge < -0.3 is 48.8 Å². The highest BCUT2D eigenvalue weighted by molar-refractivity contribution is 4.97. The van der Waals surface area contributed by atoms with Crippen LogP contribution in [0.3, 0.4) is 0 Å². The van der Waals surface area contributed by atoms with Crippen molar-refractivity contribution in [1.29, 1.82) is 0 Å². The summed E-state index contributed by atoms with van der Waals surface area (Å²) in [4.78, 5) is 0. The van der Waals surface area contributed by atoms with E-state index in [0.29, 0.717) is 31.3 Å². The molecule has 0 aliphatic heterocycles. The lowest BCUT2D eigenvalue weighted by atomic mass is 9.77. The molecular weight excluding hydrogens is 484 g/mol. The van der Waals surface area contributed by atoms with Gasteiger partial charge in [0, 0.05) is 12.0 Å². The third-order valence-corrected chi connectivity index (χ3v) is 5.98. The molecule has 0 fully saturated rings. The largest absolute Gasteiger partial charge is 0.495 e. The summed E-state index contributed by atoms with van der Waals surface area (Å²) >= 11 is 0. The van der Waals surface area contributed by atoms with Crippen LogP contribution in [0.25, 0.3) is 0 Å². The summed E-state index contributed by atoms with van der Waals surface area (Å²) < 4.78 is 33.1. The molecule has 4 N–H and O–H groups in total. The number of aliphatic hydroxyl groups is 4. The average Bonchev–Trinajstić information content (AvgIpc) is 2.92. The van der Waals surface area contributed by atoms with Gasteiger partial charge in [0.1, 0.15) is 5.76 Å². The van der Waals surface area contributed by atoms with Crippen molar-refractivity contribution in [3.05, 3.63) is 50.2 Å². The van der Waals surface area contributed by atoms with Crippen molar-refractivity contribution >= 4 is 0 Å². The summed E-state index contributed by atoms with van der Waals surface area (Å²) in [5.74, 6) is 0.297. The summed E-state index contributed by atoms with van der Waals surface area (Å²) in [6.45, 7) is 16.4. The van der Waals surface area contributed by atoms with Crippen molar-refractivity contribution in [1.82, 2.24) is 0 Å². The van der Waals surface area contributed by atoms with Crippen LogP contribution in [0.1, 0.15) is 32.6 Å². The maximum absolute atomic E-state index is 10.3. The number of rotatable bonds is 27. The summed E-state index contributed by atoms with van der Waals surface area (Å²) in [6, 6.07) is 0. The Balaban J connectivity index is 5.67. The number of ether oxygens (including phenoxy) is 6. The molecule has 0 aliphatic rings. The normalized spacial score (nSPS) is 13.9. The third kappa shape index (κ3) is 15.8. The van der Waals surface area contributed by atoms with Crippen molar-refractivity contribution in [3.8, 4) is 0 Å². The molecule has 0 saturated heterocycles.